The molecule has 0 radical (unpaired) electrons. The highest BCUT2D eigenvalue weighted by Gasteiger charge is 2.28. The highest BCUT2D eigenvalue weighted by atomic mass is 19.1. The predicted molar refractivity (Wildman–Crippen MR) is 108 cm³/mol. The molecule has 2 aromatic carbocycles. The molecule has 2 heterocycles. The van der Waals surface area contributed by atoms with Crippen LogP contribution in [-0.4, -0.2) is 39.4 Å². The van der Waals surface area contributed by atoms with Crippen LogP contribution >= 0.6 is 0 Å². The molecular weight excluding hydrogens is 371 g/mol. The molecule has 7 heteroatoms. The van der Waals surface area contributed by atoms with Gasteiger partial charge in [0, 0.05) is 31.6 Å². The van der Waals surface area contributed by atoms with Crippen LogP contribution in [0.2, 0.25) is 0 Å². The number of imidazole rings is 1. The number of aryl methyl sites for hydroxylation is 1. The number of benzene rings is 2. The number of aromatic nitrogens is 2. The summed E-state index contributed by atoms with van der Waals surface area (Å²) in [5.74, 6) is 0.192. The van der Waals surface area contributed by atoms with Crippen LogP contribution in [0.4, 0.5) is 4.39 Å². The lowest BCUT2D eigenvalue weighted by atomic mass is 9.95. The van der Waals surface area contributed by atoms with E-state index in [9.17, 15) is 14.0 Å². The maximum atomic E-state index is 13.0. The third-order valence-electron chi connectivity index (χ3n) is 5.54. The molecule has 1 aliphatic rings. The van der Waals surface area contributed by atoms with Crippen LogP contribution in [0.5, 0.6) is 0 Å². The number of carbonyl (C=O) groups excluding carboxylic acids is 2. The number of nitrogens with zero attached hydrogens (tertiary/aromatic N) is 3. The molecule has 1 saturated heterocycles. The Balaban J connectivity index is 1.31. The lowest BCUT2D eigenvalue weighted by Crippen LogP contribution is -2.43. The third-order valence-corrected chi connectivity index (χ3v) is 5.54. The second kappa shape index (κ2) is 8.03. The van der Waals surface area contributed by atoms with Gasteiger partial charge in [-0.3, -0.25) is 9.59 Å². The number of carbonyl (C=O) groups is 2. The molecule has 1 N–H and O–H groups in total. The SMILES string of the molecule is Cn1c(CNC(=O)C2CCN(C(=O)c3ccc(F)cc3)CC2)nc2ccccc21. The molecular formula is C22H23FN4O2. The van der Waals surface area contributed by atoms with Gasteiger partial charge in [-0.25, -0.2) is 9.37 Å². The molecule has 3 aromatic rings. The minimum atomic E-state index is -0.363. The second-order valence-corrected chi connectivity index (χ2v) is 7.37. The van der Waals surface area contributed by atoms with Gasteiger partial charge in [-0.1, -0.05) is 12.1 Å². The number of para-hydroxylation sites is 2. The number of rotatable bonds is 4. The number of fused-ring (bicyclic) bond motifs is 1. The summed E-state index contributed by atoms with van der Waals surface area (Å²) in [5, 5.41) is 2.99. The van der Waals surface area contributed by atoms with E-state index < -0.39 is 0 Å². The second-order valence-electron chi connectivity index (χ2n) is 7.37. The quantitative estimate of drug-likeness (QED) is 0.740. The van der Waals surface area contributed by atoms with Crippen LogP contribution < -0.4 is 5.32 Å². The van der Waals surface area contributed by atoms with Gasteiger partial charge >= 0.3 is 0 Å². The van der Waals surface area contributed by atoms with Crippen LogP contribution in [0, 0.1) is 11.7 Å². The van der Waals surface area contributed by atoms with Crippen molar-refractivity contribution in [3.8, 4) is 0 Å². The summed E-state index contributed by atoms with van der Waals surface area (Å²) >= 11 is 0. The van der Waals surface area contributed by atoms with Gasteiger partial charge in [-0.2, -0.15) is 0 Å². The summed E-state index contributed by atoms with van der Waals surface area (Å²) in [6, 6.07) is 13.4. The smallest absolute Gasteiger partial charge is 0.253 e. The predicted octanol–water partition coefficient (Wildman–Crippen LogP) is 2.88. The Morgan fingerprint density at radius 2 is 1.79 bits per heavy atom. The van der Waals surface area contributed by atoms with E-state index >= 15 is 0 Å². The first-order valence-corrected chi connectivity index (χ1v) is 9.76. The molecule has 29 heavy (non-hydrogen) atoms. The number of halogens is 1. The lowest BCUT2D eigenvalue weighted by molar-refractivity contribution is -0.126. The number of hydrogen-bond acceptors (Lipinski definition) is 3. The Morgan fingerprint density at radius 1 is 1.10 bits per heavy atom. The van der Waals surface area contributed by atoms with E-state index in [4.69, 9.17) is 0 Å². The molecule has 0 unspecified atom stereocenters. The molecule has 4 rings (SSSR count). The molecule has 150 valence electrons. The fraction of sp³-hybridized carbons (Fsp3) is 0.318. The number of amides is 2. The van der Waals surface area contributed by atoms with Gasteiger partial charge in [0.05, 0.1) is 17.6 Å². The van der Waals surface area contributed by atoms with E-state index in [2.05, 4.69) is 10.3 Å². The minimum absolute atomic E-state index is 0.00839. The molecule has 0 spiro atoms. The van der Waals surface area contributed by atoms with Gasteiger partial charge in [0.1, 0.15) is 11.6 Å². The standard InChI is InChI=1S/C22H23FN4O2/c1-26-19-5-3-2-4-18(19)25-20(26)14-24-21(28)15-10-12-27(13-11-15)22(29)16-6-8-17(23)9-7-16/h2-9,15H,10-14H2,1H3,(H,24,28). The van der Waals surface area contributed by atoms with E-state index in [0.29, 0.717) is 38.0 Å². The van der Waals surface area contributed by atoms with Crippen LogP contribution in [0.3, 0.4) is 0 Å². The number of hydrogen-bond donors (Lipinski definition) is 1. The summed E-state index contributed by atoms with van der Waals surface area (Å²) in [5.41, 5.74) is 2.41. The van der Waals surface area contributed by atoms with Crippen LogP contribution in [-0.2, 0) is 18.4 Å². The first-order valence-electron chi connectivity index (χ1n) is 9.76. The van der Waals surface area contributed by atoms with Crippen LogP contribution in [0.25, 0.3) is 11.0 Å². The van der Waals surface area contributed by atoms with Crippen molar-refractivity contribution in [2.24, 2.45) is 13.0 Å². The molecule has 0 atom stereocenters. The Bertz CT molecular complexity index is 1040. The summed E-state index contributed by atoms with van der Waals surface area (Å²) in [4.78, 5) is 31.4. The molecule has 1 fully saturated rings. The molecule has 6 nitrogen and oxygen atoms in total. The summed E-state index contributed by atoms with van der Waals surface area (Å²) in [6.45, 7) is 1.40. The van der Waals surface area contributed by atoms with Gasteiger partial charge < -0.3 is 14.8 Å². The van der Waals surface area contributed by atoms with E-state index in [0.717, 1.165) is 16.9 Å². The van der Waals surface area contributed by atoms with Gasteiger partial charge in [0.2, 0.25) is 5.91 Å². The average molecular weight is 394 g/mol. The van der Waals surface area contributed by atoms with Crippen molar-refractivity contribution in [1.82, 2.24) is 19.8 Å². The third kappa shape index (κ3) is 3.99. The zero-order valence-electron chi connectivity index (χ0n) is 16.3. The number of nitrogens with one attached hydrogen (secondary N) is 1. The normalized spacial score (nSPS) is 14.9. The van der Waals surface area contributed by atoms with Crippen molar-refractivity contribution >= 4 is 22.8 Å². The maximum Gasteiger partial charge on any atom is 0.253 e. The zero-order valence-corrected chi connectivity index (χ0v) is 16.3. The Kier molecular flexibility index (Phi) is 5.29. The van der Waals surface area contributed by atoms with Crippen molar-refractivity contribution in [3.05, 3.63) is 65.7 Å². The zero-order chi connectivity index (χ0) is 20.4. The van der Waals surface area contributed by atoms with Gasteiger partial charge in [0.15, 0.2) is 0 Å². The monoisotopic (exact) mass is 394 g/mol. The van der Waals surface area contributed by atoms with Crippen LogP contribution in [0.1, 0.15) is 29.0 Å². The lowest BCUT2D eigenvalue weighted by Gasteiger charge is -2.31. The van der Waals surface area contributed by atoms with E-state index in [-0.39, 0.29) is 23.5 Å². The van der Waals surface area contributed by atoms with Gasteiger partial charge in [-0.15, -0.1) is 0 Å². The van der Waals surface area contributed by atoms with Crippen LogP contribution in [0.15, 0.2) is 48.5 Å². The van der Waals surface area contributed by atoms with Gasteiger partial charge in [0.25, 0.3) is 5.91 Å². The Morgan fingerprint density at radius 3 is 2.48 bits per heavy atom. The summed E-state index contributed by atoms with van der Waals surface area (Å²) < 4.78 is 15.0. The first-order chi connectivity index (χ1) is 14.0. The van der Waals surface area contributed by atoms with Crippen molar-refractivity contribution in [3.63, 3.8) is 0 Å². The van der Waals surface area contributed by atoms with E-state index in [1.807, 2.05) is 35.9 Å². The fourth-order valence-corrected chi connectivity index (χ4v) is 3.78. The average Bonchev–Trinajstić information content (AvgIpc) is 3.08. The number of piperidine rings is 1. The van der Waals surface area contributed by atoms with Crippen molar-refractivity contribution < 1.29 is 14.0 Å². The minimum Gasteiger partial charge on any atom is -0.349 e. The molecule has 2 amide bonds. The number of likely N-dealkylation sites (tertiary alicyclic amines) is 1. The molecule has 0 aliphatic carbocycles. The summed E-state index contributed by atoms with van der Waals surface area (Å²) in [6.07, 6.45) is 1.22. The van der Waals surface area contributed by atoms with Crippen molar-refractivity contribution in [1.29, 1.82) is 0 Å². The highest BCUT2D eigenvalue weighted by Crippen LogP contribution is 2.20. The molecule has 0 bridgehead atoms. The molecule has 0 saturated carbocycles. The first kappa shape index (κ1) is 19.1. The Hall–Kier alpha value is -3.22. The topological polar surface area (TPSA) is 67.2 Å². The van der Waals surface area contributed by atoms with E-state index in [1.54, 1.807) is 4.90 Å². The summed E-state index contributed by atoms with van der Waals surface area (Å²) in [7, 11) is 1.94. The van der Waals surface area contributed by atoms with Gasteiger partial charge in [-0.05, 0) is 49.2 Å². The van der Waals surface area contributed by atoms with Crippen molar-refractivity contribution in [2.45, 2.75) is 19.4 Å². The largest absolute Gasteiger partial charge is 0.349 e. The van der Waals surface area contributed by atoms with E-state index in [1.165, 1.54) is 24.3 Å². The van der Waals surface area contributed by atoms with Crippen molar-refractivity contribution in [2.75, 3.05) is 13.1 Å². The molecule has 1 aliphatic heterocycles. The highest BCUT2D eigenvalue weighted by molar-refractivity contribution is 5.94. The Labute approximate surface area is 168 Å². The molecule has 1 aromatic heterocycles. The fourth-order valence-electron chi connectivity index (χ4n) is 3.78. The maximum absolute atomic E-state index is 13.0.